The van der Waals surface area contributed by atoms with Crippen molar-refractivity contribution in [3.63, 3.8) is 0 Å². The van der Waals surface area contributed by atoms with Crippen LogP contribution in [0, 0.1) is 4.91 Å². The molecule has 3 rings (SSSR count). The van der Waals surface area contributed by atoms with E-state index in [-0.39, 0.29) is 0 Å². The van der Waals surface area contributed by atoms with Crippen LogP contribution in [0.2, 0.25) is 0 Å². The van der Waals surface area contributed by atoms with Crippen LogP contribution < -0.4 is 10.5 Å². The summed E-state index contributed by atoms with van der Waals surface area (Å²) in [6.45, 7) is 2.53. The van der Waals surface area contributed by atoms with Crippen LogP contribution in [0.25, 0.3) is 21.8 Å². The van der Waals surface area contributed by atoms with E-state index in [1.807, 2.05) is 25.1 Å². The zero-order valence-electron chi connectivity index (χ0n) is 11.0. The average Bonchev–Trinajstić information content (AvgIpc) is 2.48. The monoisotopic (exact) mass is 267 g/mol. The van der Waals surface area contributed by atoms with Crippen LogP contribution >= 0.6 is 0 Å². The molecule has 0 aliphatic rings. The van der Waals surface area contributed by atoms with Crippen molar-refractivity contribution in [1.29, 1.82) is 0 Å². The lowest BCUT2D eigenvalue weighted by molar-refractivity contribution is 0.341. The van der Waals surface area contributed by atoms with Gasteiger partial charge < -0.3 is 10.5 Å². The van der Waals surface area contributed by atoms with E-state index in [1.165, 1.54) is 0 Å². The molecule has 3 aromatic rings. The number of ether oxygens (including phenoxy) is 1. The van der Waals surface area contributed by atoms with Gasteiger partial charge in [-0.25, -0.2) is 4.98 Å². The number of anilines is 1. The molecule has 0 amide bonds. The molecule has 0 radical (unpaired) electrons. The van der Waals surface area contributed by atoms with Crippen LogP contribution in [0.3, 0.4) is 0 Å². The summed E-state index contributed by atoms with van der Waals surface area (Å²) in [5.41, 5.74) is 8.61. The van der Waals surface area contributed by atoms with Crippen LogP contribution in [0.4, 0.5) is 11.4 Å². The topological polar surface area (TPSA) is 77.6 Å². The summed E-state index contributed by atoms with van der Waals surface area (Å²) in [4.78, 5) is 15.1. The summed E-state index contributed by atoms with van der Waals surface area (Å²) < 4.78 is 5.48. The number of nitrogens with two attached hydrogens (primary N) is 1. The number of fused-ring (bicyclic) bond motifs is 2. The molecule has 5 nitrogen and oxygen atoms in total. The minimum Gasteiger partial charge on any atom is -0.494 e. The lowest BCUT2D eigenvalue weighted by atomic mass is 10.1. The molecule has 2 aromatic carbocycles. The van der Waals surface area contributed by atoms with Crippen molar-refractivity contribution < 1.29 is 4.74 Å². The first kappa shape index (κ1) is 12.3. The predicted octanol–water partition coefficient (Wildman–Crippen LogP) is 3.77. The SMILES string of the molecule is CCOc1ccc2nc3cc(N=O)ccc3c(N)c2c1. The second-order valence-corrected chi connectivity index (χ2v) is 4.43. The molecule has 20 heavy (non-hydrogen) atoms. The standard InChI is InChI=1S/C15H13N3O2/c1-2-20-10-4-6-13-12(8-10)15(16)11-5-3-9(18-19)7-14(11)17-13/h3-8H,2H2,1H3,(H2,16,17). The Hall–Kier alpha value is -2.69. The molecule has 0 spiro atoms. The fraction of sp³-hybridized carbons (Fsp3) is 0.133. The Balaban J connectivity index is 2.31. The molecule has 100 valence electrons. The Kier molecular flexibility index (Phi) is 2.95. The quantitative estimate of drug-likeness (QED) is 0.578. The second-order valence-electron chi connectivity index (χ2n) is 4.43. The highest BCUT2D eigenvalue weighted by Crippen LogP contribution is 2.32. The van der Waals surface area contributed by atoms with E-state index in [0.29, 0.717) is 23.5 Å². The van der Waals surface area contributed by atoms with E-state index < -0.39 is 0 Å². The zero-order chi connectivity index (χ0) is 14.1. The van der Waals surface area contributed by atoms with Crippen molar-refractivity contribution in [1.82, 2.24) is 4.98 Å². The number of nitroso groups, excluding NO2 is 1. The van der Waals surface area contributed by atoms with Crippen molar-refractivity contribution >= 4 is 33.2 Å². The van der Waals surface area contributed by atoms with Gasteiger partial charge >= 0.3 is 0 Å². The van der Waals surface area contributed by atoms with Gasteiger partial charge in [-0.2, -0.15) is 0 Å². The number of nitrogens with zero attached hydrogens (tertiary/aromatic N) is 2. The molecule has 0 fully saturated rings. The highest BCUT2D eigenvalue weighted by Gasteiger charge is 2.08. The first-order valence-electron chi connectivity index (χ1n) is 6.32. The first-order valence-corrected chi connectivity index (χ1v) is 6.32. The van der Waals surface area contributed by atoms with Gasteiger partial charge in [0, 0.05) is 10.8 Å². The van der Waals surface area contributed by atoms with E-state index in [9.17, 15) is 4.91 Å². The van der Waals surface area contributed by atoms with Gasteiger partial charge in [0.25, 0.3) is 0 Å². The highest BCUT2D eigenvalue weighted by molar-refractivity contribution is 6.07. The summed E-state index contributed by atoms with van der Waals surface area (Å²) in [7, 11) is 0. The third-order valence-electron chi connectivity index (χ3n) is 3.19. The minimum atomic E-state index is 0.342. The number of aromatic nitrogens is 1. The number of pyridine rings is 1. The third kappa shape index (κ3) is 1.93. The smallest absolute Gasteiger partial charge is 0.120 e. The van der Waals surface area contributed by atoms with E-state index in [0.717, 1.165) is 22.0 Å². The maximum Gasteiger partial charge on any atom is 0.120 e. The Bertz CT molecular complexity index is 815. The van der Waals surface area contributed by atoms with Gasteiger partial charge in [-0.15, -0.1) is 4.91 Å². The molecular weight excluding hydrogens is 254 g/mol. The number of rotatable bonds is 3. The van der Waals surface area contributed by atoms with E-state index in [1.54, 1.807) is 18.2 Å². The molecule has 0 aliphatic heterocycles. The largest absolute Gasteiger partial charge is 0.494 e. The Labute approximate surface area is 115 Å². The van der Waals surface area contributed by atoms with Crippen molar-refractivity contribution in [3.05, 3.63) is 41.3 Å². The Morgan fingerprint density at radius 1 is 1.15 bits per heavy atom. The van der Waals surface area contributed by atoms with Crippen LogP contribution in [-0.2, 0) is 0 Å². The molecule has 0 bridgehead atoms. The number of nitrogen functional groups attached to an aromatic ring is 1. The summed E-state index contributed by atoms with van der Waals surface area (Å²) >= 11 is 0. The molecule has 1 heterocycles. The van der Waals surface area contributed by atoms with Crippen LogP contribution in [0.1, 0.15) is 6.92 Å². The lowest BCUT2D eigenvalue weighted by Gasteiger charge is -2.09. The minimum absolute atomic E-state index is 0.342. The molecule has 5 heteroatoms. The maximum atomic E-state index is 10.6. The van der Waals surface area contributed by atoms with Gasteiger partial charge in [0.2, 0.25) is 0 Å². The Morgan fingerprint density at radius 2 is 2.00 bits per heavy atom. The molecule has 0 aliphatic carbocycles. The second kappa shape index (κ2) is 4.77. The molecule has 0 unspecified atom stereocenters. The van der Waals surface area contributed by atoms with Crippen molar-refractivity contribution in [2.45, 2.75) is 6.92 Å². The van der Waals surface area contributed by atoms with Gasteiger partial charge in [0.05, 0.1) is 23.3 Å². The summed E-state index contributed by atoms with van der Waals surface area (Å²) in [5, 5.41) is 4.57. The molecular formula is C15H13N3O2. The summed E-state index contributed by atoms with van der Waals surface area (Å²) in [6.07, 6.45) is 0. The molecule has 2 N–H and O–H groups in total. The lowest BCUT2D eigenvalue weighted by Crippen LogP contribution is -1.95. The number of hydrogen-bond donors (Lipinski definition) is 1. The van der Waals surface area contributed by atoms with Crippen molar-refractivity contribution in [2.75, 3.05) is 12.3 Å². The molecule has 1 aromatic heterocycles. The van der Waals surface area contributed by atoms with E-state index in [2.05, 4.69) is 10.2 Å². The fourth-order valence-electron chi connectivity index (χ4n) is 2.26. The van der Waals surface area contributed by atoms with Gasteiger partial charge in [-0.3, -0.25) is 0 Å². The summed E-state index contributed by atoms with van der Waals surface area (Å²) in [5.74, 6) is 0.763. The van der Waals surface area contributed by atoms with Crippen LogP contribution in [0.5, 0.6) is 5.75 Å². The molecule has 0 saturated heterocycles. The normalized spacial score (nSPS) is 10.8. The number of hydrogen-bond acceptors (Lipinski definition) is 5. The van der Waals surface area contributed by atoms with Crippen molar-refractivity contribution in [2.24, 2.45) is 5.18 Å². The molecule has 0 atom stereocenters. The van der Waals surface area contributed by atoms with Gasteiger partial charge in [-0.1, -0.05) is 0 Å². The van der Waals surface area contributed by atoms with Gasteiger partial charge in [-0.05, 0) is 48.5 Å². The maximum absolute atomic E-state index is 10.6. The predicted molar refractivity (Wildman–Crippen MR) is 80.3 cm³/mol. The van der Waals surface area contributed by atoms with Crippen LogP contribution in [-0.4, -0.2) is 11.6 Å². The Morgan fingerprint density at radius 3 is 2.75 bits per heavy atom. The van der Waals surface area contributed by atoms with Gasteiger partial charge in [0.15, 0.2) is 0 Å². The zero-order valence-corrected chi connectivity index (χ0v) is 11.0. The average molecular weight is 267 g/mol. The first-order chi connectivity index (χ1) is 9.72. The third-order valence-corrected chi connectivity index (χ3v) is 3.19. The fourth-order valence-corrected chi connectivity index (χ4v) is 2.26. The number of benzene rings is 2. The summed E-state index contributed by atoms with van der Waals surface area (Å²) in [6, 6.07) is 10.6. The highest BCUT2D eigenvalue weighted by atomic mass is 16.5. The molecule has 0 saturated carbocycles. The van der Waals surface area contributed by atoms with E-state index >= 15 is 0 Å². The van der Waals surface area contributed by atoms with Gasteiger partial charge in [0.1, 0.15) is 11.4 Å². The van der Waals surface area contributed by atoms with Crippen molar-refractivity contribution in [3.8, 4) is 5.75 Å². The van der Waals surface area contributed by atoms with E-state index in [4.69, 9.17) is 10.5 Å². The van der Waals surface area contributed by atoms with Crippen LogP contribution in [0.15, 0.2) is 41.6 Å².